The fraction of sp³-hybridized carbons (Fsp3) is 0.136. The lowest BCUT2D eigenvalue weighted by Gasteiger charge is -2.10. The Morgan fingerprint density at radius 2 is 2.00 bits per heavy atom. The van der Waals surface area contributed by atoms with E-state index in [9.17, 15) is 18.0 Å². The molecule has 11 heteroatoms. The Hall–Kier alpha value is -2.53. The number of rotatable bonds is 7. The largest absolute Gasteiger partial charge is 0.387 e. The van der Waals surface area contributed by atoms with Gasteiger partial charge >= 0.3 is 0 Å². The Bertz CT molecular complexity index is 1530. The van der Waals surface area contributed by atoms with Gasteiger partial charge in [0.05, 0.1) is 4.34 Å². The number of anilines is 1. The SMILES string of the molecule is CNc1cc2ccn(-c3ccc(CC(=O)CS(=O)(=O)c4ccc(Cl)s4)cn3)c(=O)c2cc1Br. The molecule has 3 aromatic heterocycles. The van der Waals surface area contributed by atoms with Crippen LogP contribution in [-0.4, -0.2) is 36.6 Å². The van der Waals surface area contributed by atoms with E-state index in [4.69, 9.17) is 11.6 Å². The van der Waals surface area contributed by atoms with E-state index in [1.54, 1.807) is 31.4 Å². The summed E-state index contributed by atoms with van der Waals surface area (Å²) >= 11 is 10.2. The van der Waals surface area contributed by atoms with Crippen LogP contribution >= 0.6 is 38.9 Å². The summed E-state index contributed by atoms with van der Waals surface area (Å²) in [5.74, 6) is -0.672. The molecule has 0 radical (unpaired) electrons. The van der Waals surface area contributed by atoms with E-state index in [1.165, 1.54) is 22.9 Å². The molecule has 0 unspecified atom stereocenters. The average molecular weight is 567 g/mol. The van der Waals surface area contributed by atoms with Crippen molar-refractivity contribution in [2.75, 3.05) is 18.1 Å². The van der Waals surface area contributed by atoms with Gasteiger partial charge in [0.25, 0.3) is 5.56 Å². The minimum Gasteiger partial charge on any atom is -0.387 e. The lowest BCUT2D eigenvalue weighted by Crippen LogP contribution is -2.19. The highest BCUT2D eigenvalue weighted by molar-refractivity contribution is 9.10. The van der Waals surface area contributed by atoms with Gasteiger partial charge in [0.1, 0.15) is 15.8 Å². The van der Waals surface area contributed by atoms with Crippen molar-refractivity contribution < 1.29 is 13.2 Å². The zero-order valence-electron chi connectivity index (χ0n) is 17.2. The number of sulfone groups is 1. The molecule has 3 heterocycles. The number of benzene rings is 1. The Morgan fingerprint density at radius 1 is 1.21 bits per heavy atom. The lowest BCUT2D eigenvalue weighted by molar-refractivity contribution is -0.116. The summed E-state index contributed by atoms with van der Waals surface area (Å²) in [5, 5.41) is 4.38. The number of halogens is 2. The van der Waals surface area contributed by atoms with Crippen LogP contribution < -0.4 is 10.9 Å². The molecule has 0 fully saturated rings. The predicted octanol–water partition coefficient (Wildman–Crippen LogP) is 4.49. The van der Waals surface area contributed by atoms with Crippen molar-refractivity contribution >= 4 is 70.9 Å². The molecule has 4 rings (SSSR count). The number of Topliss-reactive ketones (excluding diaryl/α,β-unsaturated/α-hetero) is 1. The number of aromatic nitrogens is 2. The number of nitrogens with one attached hydrogen (secondary N) is 1. The molecule has 0 atom stereocenters. The molecular formula is C22H17BrClN3O4S2. The number of ketones is 1. The van der Waals surface area contributed by atoms with Crippen molar-refractivity contribution in [3.05, 3.63) is 79.6 Å². The monoisotopic (exact) mass is 565 g/mol. The molecule has 0 bridgehead atoms. The number of carbonyl (C=O) groups excluding carboxylic acids is 1. The summed E-state index contributed by atoms with van der Waals surface area (Å²) in [6, 6.07) is 11.6. The van der Waals surface area contributed by atoms with E-state index in [0.717, 1.165) is 26.9 Å². The molecule has 0 spiro atoms. The molecule has 0 saturated heterocycles. The van der Waals surface area contributed by atoms with E-state index in [-0.39, 0.29) is 16.2 Å². The number of carbonyl (C=O) groups is 1. The number of fused-ring (bicyclic) bond motifs is 1. The molecule has 7 nitrogen and oxygen atoms in total. The summed E-state index contributed by atoms with van der Waals surface area (Å²) < 4.78 is 27.3. The highest BCUT2D eigenvalue weighted by Gasteiger charge is 2.21. The molecule has 0 aliphatic heterocycles. The zero-order chi connectivity index (χ0) is 23.8. The van der Waals surface area contributed by atoms with Gasteiger partial charge in [-0.2, -0.15) is 0 Å². The molecule has 1 aromatic carbocycles. The lowest BCUT2D eigenvalue weighted by atomic mass is 10.1. The Kier molecular flexibility index (Phi) is 6.71. The zero-order valence-corrected chi connectivity index (χ0v) is 21.2. The van der Waals surface area contributed by atoms with Crippen LogP contribution in [0.3, 0.4) is 0 Å². The molecule has 33 heavy (non-hydrogen) atoms. The van der Waals surface area contributed by atoms with Crippen LogP contribution in [0.5, 0.6) is 0 Å². The van der Waals surface area contributed by atoms with Crippen LogP contribution in [0, 0.1) is 0 Å². The summed E-state index contributed by atoms with van der Waals surface area (Å²) in [6.45, 7) is 0. The molecule has 0 saturated carbocycles. The highest BCUT2D eigenvalue weighted by atomic mass is 79.9. The summed E-state index contributed by atoms with van der Waals surface area (Å²) in [5.41, 5.74) is 1.20. The third-order valence-electron chi connectivity index (χ3n) is 4.92. The first kappa shape index (κ1) is 23.6. The van der Waals surface area contributed by atoms with Gasteiger partial charge in [-0.15, -0.1) is 11.3 Å². The van der Waals surface area contributed by atoms with Crippen LogP contribution in [0.2, 0.25) is 4.34 Å². The number of nitrogens with zero attached hydrogens (tertiary/aromatic N) is 2. The van der Waals surface area contributed by atoms with E-state index < -0.39 is 21.4 Å². The van der Waals surface area contributed by atoms with Crippen LogP contribution in [0.15, 0.2) is 68.3 Å². The van der Waals surface area contributed by atoms with E-state index in [1.807, 2.05) is 12.1 Å². The number of pyridine rings is 2. The van der Waals surface area contributed by atoms with Crippen LogP contribution in [-0.2, 0) is 21.1 Å². The second kappa shape index (κ2) is 9.38. The predicted molar refractivity (Wildman–Crippen MR) is 135 cm³/mol. The fourth-order valence-corrected chi connectivity index (χ4v) is 6.68. The van der Waals surface area contributed by atoms with Crippen molar-refractivity contribution in [3.63, 3.8) is 0 Å². The van der Waals surface area contributed by atoms with Crippen LogP contribution in [0.1, 0.15) is 5.56 Å². The van der Waals surface area contributed by atoms with E-state index in [2.05, 4.69) is 26.2 Å². The summed E-state index contributed by atoms with van der Waals surface area (Å²) in [6.07, 6.45) is 3.03. The van der Waals surface area contributed by atoms with Gasteiger partial charge in [-0.05, 0) is 63.3 Å². The first-order valence-electron chi connectivity index (χ1n) is 9.66. The maximum atomic E-state index is 13.0. The van der Waals surface area contributed by atoms with Gasteiger partial charge in [0.15, 0.2) is 15.6 Å². The van der Waals surface area contributed by atoms with E-state index in [0.29, 0.717) is 21.1 Å². The third kappa shape index (κ3) is 5.03. The van der Waals surface area contributed by atoms with Gasteiger partial charge in [-0.25, -0.2) is 13.4 Å². The molecule has 0 aliphatic carbocycles. The van der Waals surface area contributed by atoms with Gasteiger partial charge in [0.2, 0.25) is 0 Å². The van der Waals surface area contributed by atoms with Gasteiger partial charge in [0, 0.05) is 41.4 Å². The topological polar surface area (TPSA) is 98.1 Å². The van der Waals surface area contributed by atoms with Gasteiger partial charge < -0.3 is 5.32 Å². The smallest absolute Gasteiger partial charge is 0.264 e. The number of hydrogen-bond donors (Lipinski definition) is 1. The van der Waals surface area contributed by atoms with Crippen molar-refractivity contribution in [2.45, 2.75) is 10.6 Å². The standard InChI is InChI=1S/C22H17BrClN3O4S2/c1-25-18-9-14-6-7-27(22(29)16(14)10-17(18)23)20-4-2-13(11-26-20)8-15(28)12-33(30,31)21-5-3-19(24)32-21/h2-7,9-11,25H,8,12H2,1H3. The Balaban J connectivity index is 1.54. The molecule has 0 amide bonds. The second-order valence-corrected chi connectivity index (χ2v) is 12.0. The van der Waals surface area contributed by atoms with Crippen molar-refractivity contribution in [1.82, 2.24) is 9.55 Å². The van der Waals surface area contributed by atoms with Crippen LogP contribution in [0.4, 0.5) is 5.69 Å². The average Bonchev–Trinajstić information content (AvgIpc) is 3.22. The van der Waals surface area contributed by atoms with Crippen molar-refractivity contribution in [3.8, 4) is 5.82 Å². The first-order chi connectivity index (χ1) is 15.7. The number of hydrogen-bond acceptors (Lipinski definition) is 7. The summed E-state index contributed by atoms with van der Waals surface area (Å²) in [7, 11) is -1.93. The quantitative estimate of drug-likeness (QED) is 0.354. The molecular weight excluding hydrogens is 550 g/mol. The fourth-order valence-electron chi connectivity index (χ4n) is 3.33. The molecule has 0 aliphatic rings. The maximum absolute atomic E-state index is 13.0. The van der Waals surface area contributed by atoms with Crippen LogP contribution in [0.25, 0.3) is 16.6 Å². The Morgan fingerprint density at radius 3 is 2.64 bits per heavy atom. The number of thiophene rings is 1. The highest BCUT2D eigenvalue weighted by Crippen LogP contribution is 2.27. The normalized spacial score (nSPS) is 11.6. The second-order valence-electron chi connectivity index (χ2n) is 7.22. The van der Waals surface area contributed by atoms with Crippen molar-refractivity contribution in [1.29, 1.82) is 0 Å². The maximum Gasteiger partial charge on any atom is 0.264 e. The Labute approximate surface area is 207 Å². The van der Waals surface area contributed by atoms with Gasteiger partial charge in [-0.3, -0.25) is 14.2 Å². The first-order valence-corrected chi connectivity index (χ1v) is 13.3. The van der Waals surface area contributed by atoms with Crippen molar-refractivity contribution in [2.24, 2.45) is 0 Å². The minimum absolute atomic E-state index is 0.0680. The molecule has 4 aromatic rings. The molecule has 1 N–H and O–H groups in total. The third-order valence-corrected chi connectivity index (χ3v) is 9.07. The van der Waals surface area contributed by atoms with E-state index >= 15 is 0 Å². The summed E-state index contributed by atoms with van der Waals surface area (Å²) in [4.78, 5) is 29.6. The molecule has 170 valence electrons. The van der Waals surface area contributed by atoms with Gasteiger partial charge in [-0.1, -0.05) is 17.7 Å². The minimum atomic E-state index is -3.73.